The van der Waals surface area contributed by atoms with E-state index in [-0.39, 0.29) is 11.3 Å². The van der Waals surface area contributed by atoms with Crippen LogP contribution in [-0.4, -0.2) is 60.4 Å². The maximum atomic E-state index is 13.1. The molecule has 1 aliphatic heterocycles. The Labute approximate surface area is 197 Å². The molecule has 0 unspecified atom stereocenters. The van der Waals surface area contributed by atoms with Gasteiger partial charge in [0.15, 0.2) is 0 Å². The zero-order valence-electron chi connectivity index (χ0n) is 18.7. The Kier molecular flexibility index (Phi) is 8.10. The summed E-state index contributed by atoms with van der Waals surface area (Å²) in [6, 6.07) is 13.8. The molecule has 1 saturated heterocycles. The van der Waals surface area contributed by atoms with Crippen molar-refractivity contribution in [3.63, 3.8) is 0 Å². The summed E-state index contributed by atoms with van der Waals surface area (Å²) in [7, 11) is 3.93. The van der Waals surface area contributed by atoms with Crippen molar-refractivity contribution in [2.24, 2.45) is 0 Å². The Hall–Kier alpha value is -2.64. The number of halogens is 1. The number of aliphatic hydroxyl groups excluding tert-OH is 1. The Morgan fingerprint density at radius 2 is 1.88 bits per heavy atom. The number of hydrogen-bond acceptors (Lipinski definition) is 5. The third-order valence-electron chi connectivity index (χ3n) is 5.31. The Balaban J connectivity index is 2.07. The zero-order chi connectivity index (χ0) is 23.3. The van der Waals surface area contributed by atoms with Gasteiger partial charge in [0.25, 0.3) is 11.7 Å². The van der Waals surface area contributed by atoms with E-state index < -0.39 is 17.7 Å². The summed E-state index contributed by atoms with van der Waals surface area (Å²) in [5.74, 6) is -0.754. The van der Waals surface area contributed by atoms with Gasteiger partial charge in [-0.05, 0) is 63.3 Å². The van der Waals surface area contributed by atoms with E-state index in [1.807, 2.05) is 50.2 Å². The van der Waals surface area contributed by atoms with Gasteiger partial charge in [-0.15, -0.1) is 0 Å². The molecule has 0 aliphatic carbocycles. The van der Waals surface area contributed by atoms with Crippen LogP contribution in [0.15, 0.2) is 58.6 Å². The lowest BCUT2D eigenvalue weighted by molar-refractivity contribution is -0.139. The fourth-order valence-corrected chi connectivity index (χ4v) is 4.04. The second-order valence-electron chi connectivity index (χ2n) is 8.08. The molecule has 0 aromatic heterocycles. The molecule has 2 aromatic rings. The standard InChI is InChI=1S/C25H29BrN2O4/c1-4-15-32-20-8-5-7-18(16-20)22-21(23(29)17-9-11-19(26)12-10-17)24(30)25(31)28(22)14-6-13-27(2)3/h5,7-12,16,22,29H,4,6,13-15H2,1-3H3/b23-21+/t22-/m1/s1. The molecule has 1 atom stereocenters. The quantitative estimate of drug-likeness (QED) is 0.309. The van der Waals surface area contributed by atoms with Crippen molar-refractivity contribution in [2.45, 2.75) is 25.8 Å². The normalized spacial score (nSPS) is 17.9. The van der Waals surface area contributed by atoms with Crippen LogP contribution in [0.4, 0.5) is 0 Å². The second kappa shape index (κ2) is 10.8. The van der Waals surface area contributed by atoms with E-state index in [0.717, 1.165) is 23.0 Å². The first-order chi connectivity index (χ1) is 15.3. The number of aliphatic hydroxyl groups is 1. The number of Topliss-reactive ketones (excluding diaryl/α,β-unsaturated/α-hetero) is 1. The highest BCUT2D eigenvalue weighted by molar-refractivity contribution is 9.10. The van der Waals surface area contributed by atoms with Gasteiger partial charge < -0.3 is 19.6 Å². The van der Waals surface area contributed by atoms with Crippen LogP contribution in [0.1, 0.15) is 36.9 Å². The van der Waals surface area contributed by atoms with Crippen molar-refractivity contribution in [1.29, 1.82) is 0 Å². The number of carbonyl (C=O) groups is 2. The monoisotopic (exact) mass is 500 g/mol. The van der Waals surface area contributed by atoms with E-state index >= 15 is 0 Å². The van der Waals surface area contributed by atoms with E-state index in [9.17, 15) is 14.7 Å². The van der Waals surface area contributed by atoms with Crippen molar-refractivity contribution >= 4 is 33.4 Å². The molecule has 1 N–H and O–H groups in total. The van der Waals surface area contributed by atoms with Crippen molar-refractivity contribution in [2.75, 3.05) is 33.8 Å². The molecule has 1 aliphatic rings. The molecule has 0 radical (unpaired) electrons. The van der Waals surface area contributed by atoms with Gasteiger partial charge >= 0.3 is 0 Å². The van der Waals surface area contributed by atoms with Crippen LogP contribution in [-0.2, 0) is 9.59 Å². The van der Waals surface area contributed by atoms with Crippen molar-refractivity contribution < 1.29 is 19.4 Å². The number of amides is 1. The summed E-state index contributed by atoms with van der Waals surface area (Å²) in [5, 5.41) is 11.1. The van der Waals surface area contributed by atoms with E-state index in [2.05, 4.69) is 15.9 Å². The van der Waals surface area contributed by atoms with Gasteiger partial charge in [0.2, 0.25) is 0 Å². The second-order valence-corrected chi connectivity index (χ2v) is 8.99. The first kappa shape index (κ1) is 24.0. The third kappa shape index (κ3) is 5.40. The fourth-order valence-electron chi connectivity index (χ4n) is 3.77. The average molecular weight is 501 g/mol. The fraction of sp³-hybridized carbons (Fsp3) is 0.360. The maximum absolute atomic E-state index is 13.1. The molecule has 170 valence electrons. The molecule has 0 bridgehead atoms. The van der Waals surface area contributed by atoms with E-state index in [1.54, 1.807) is 29.2 Å². The Morgan fingerprint density at radius 3 is 2.53 bits per heavy atom. The highest BCUT2D eigenvalue weighted by atomic mass is 79.9. The van der Waals surface area contributed by atoms with E-state index in [4.69, 9.17) is 4.74 Å². The summed E-state index contributed by atoms with van der Waals surface area (Å²) in [6.45, 7) is 3.79. The summed E-state index contributed by atoms with van der Waals surface area (Å²) >= 11 is 3.38. The maximum Gasteiger partial charge on any atom is 0.295 e. The van der Waals surface area contributed by atoms with E-state index in [0.29, 0.717) is 30.9 Å². The summed E-state index contributed by atoms with van der Waals surface area (Å²) in [6.07, 6.45) is 1.58. The minimum absolute atomic E-state index is 0.106. The van der Waals surface area contributed by atoms with Crippen LogP contribution in [0.3, 0.4) is 0 Å². The zero-order valence-corrected chi connectivity index (χ0v) is 20.3. The number of carbonyl (C=O) groups excluding carboxylic acids is 2. The van der Waals surface area contributed by atoms with Crippen molar-refractivity contribution in [3.8, 4) is 5.75 Å². The molecule has 0 spiro atoms. The van der Waals surface area contributed by atoms with Crippen molar-refractivity contribution in [1.82, 2.24) is 9.80 Å². The van der Waals surface area contributed by atoms with Gasteiger partial charge in [0.05, 0.1) is 18.2 Å². The lowest BCUT2D eigenvalue weighted by atomic mass is 9.95. The number of hydrogen-bond donors (Lipinski definition) is 1. The Morgan fingerprint density at radius 1 is 1.16 bits per heavy atom. The largest absolute Gasteiger partial charge is 0.507 e. The average Bonchev–Trinajstić information content (AvgIpc) is 3.02. The molecule has 2 aromatic carbocycles. The molecule has 3 rings (SSSR count). The van der Waals surface area contributed by atoms with Gasteiger partial charge in [-0.2, -0.15) is 0 Å². The van der Waals surface area contributed by atoms with Crippen LogP contribution in [0.25, 0.3) is 5.76 Å². The summed E-state index contributed by atoms with van der Waals surface area (Å²) < 4.78 is 6.63. The lowest BCUT2D eigenvalue weighted by Crippen LogP contribution is -2.32. The number of benzene rings is 2. The summed E-state index contributed by atoms with van der Waals surface area (Å²) in [4.78, 5) is 29.7. The van der Waals surface area contributed by atoms with Crippen LogP contribution in [0.2, 0.25) is 0 Å². The minimum atomic E-state index is -0.675. The minimum Gasteiger partial charge on any atom is -0.507 e. The SMILES string of the molecule is CCCOc1cccc([C@@H]2/C(=C(\O)c3ccc(Br)cc3)C(=O)C(=O)N2CCCN(C)C)c1. The number of likely N-dealkylation sites (tertiary alicyclic amines) is 1. The van der Waals surface area contributed by atoms with Crippen molar-refractivity contribution in [3.05, 3.63) is 69.7 Å². The van der Waals surface area contributed by atoms with Gasteiger partial charge in [0.1, 0.15) is 11.5 Å². The summed E-state index contributed by atoms with van der Waals surface area (Å²) in [5.41, 5.74) is 1.33. The molecular weight excluding hydrogens is 472 g/mol. The molecule has 32 heavy (non-hydrogen) atoms. The molecular formula is C25H29BrN2O4. The number of nitrogens with zero attached hydrogens (tertiary/aromatic N) is 2. The van der Waals surface area contributed by atoms with Gasteiger partial charge in [-0.3, -0.25) is 9.59 Å². The lowest BCUT2D eigenvalue weighted by Gasteiger charge is -2.26. The van der Waals surface area contributed by atoms with Crippen LogP contribution >= 0.6 is 15.9 Å². The number of rotatable bonds is 9. The smallest absolute Gasteiger partial charge is 0.295 e. The van der Waals surface area contributed by atoms with Crippen LogP contribution < -0.4 is 4.74 Å². The molecule has 1 amide bonds. The predicted octanol–water partition coefficient (Wildman–Crippen LogP) is 4.61. The first-order valence-corrected chi connectivity index (χ1v) is 11.5. The Bertz CT molecular complexity index is 1000. The molecule has 6 nitrogen and oxygen atoms in total. The van der Waals surface area contributed by atoms with Gasteiger partial charge in [-0.1, -0.05) is 47.1 Å². The molecule has 1 heterocycles. The molecule has 7 heteroatoms. The first-order valence-electron chi connectivity index (χ1n) is 10.7. The van der Waals surface area contributed by atoms with E-state index in [1.165, 1.54) is 0 Å². The molecule has 0 saturated carbocycles. The van der Waals surface area contributed by atoms with Crippen LogP contribution in [0, 0.1) is 0 Å². The number of ether oxygens (including phenoxy) is 1. The predicted molar refractivity (Wildman–Crippen MR) is 129 cm³/mol. The van der Waals surface area contributed by atoms with Gasteiger partial charge in [0, 0.05) is 16.6 Å². The van der Waals surface area contributed by atoms with Crippen LogP contribution in [0.5, 0.6) is 5.75 Å². The molecule has 1 fully saturated rings. The topological polar surface area (TPSA) is 70.1 Å². The van der Waals surface area contributed by atoms with Gasteiger partial charge in [-0.25, -0.2) is 0 Å². The third-order valence-corrected chi connectivity index (χ3v) is 5.84. The number of ketones is 1. The highest BCUT2D eigenvalue weighted by Crippen LogP contribution is 2.40. The highest BCUT2D eigenvalue weighted by Gasteiger charge is 2.45.